The minimum Gasteiger partial charge on any atom is -0.480 e. The molecule has 0 atom stereocenters. The molecule has 4 rings (SSSR count). The second-order valence-electron chi connectivity index (χ2n) is 7.16. The van der Waals surface area contributed by atoms with Crippen molar-refractivity contribution in [3.8, 4) is 5.88 Å². The quantitative estimate of drug-likeness (QED) is 0.564. The number of rotatable bonds is 4. The van der Waals surface area contributed by atoms with Crippen LogP contribution in [0.5, 0.6) is 5.88 Å². The van der Waals surface area contributed by atoms with Crippen molar-refractivity contribution < 1.29 is 9.53 Å². The van der Waals surface area contributed by atoms with E-state index in [2.05, 4.69) is 20.2 Å². The minimum absolute atomic E-state index is 0.140. The average Bonchev–Trinajstić information content (AvgIpc) is 2.76. The van der Waals surface area contributed by atoms with E-state index in [1.807, 2.05) is 36.4 Å². The van der Waals surface area contributed by atoms with E-state index in [9.17, 15) is 4.79 Å². The molecule has 0 unspecified atom stereocenters. The van der Waals surface area contributed by atoms with Crippen molar-refractivity contribution in [3.63, 3.8) is 0 Å². The Hall–Kier alpha value is -3.75. The van der Waals surface area contributed by atoms with Gasteiger partial charge in [-0.3, -0.25) is 0 Å². The molecule has 2 amide bonds. The number of methoxy groups -OCH3 is 1. The van der Waals surface area contributed by atoms with Crippen LogP contribution in [0, 0.1) is 0 Å². The largest absolute Gasteiger partial charge is 0.480 e. The number of nitrogen functional groups attached to an aromatic ring is 2. The molecule has 0 radical (unpaired) electrons. The Kier molecular flexibility index (Phi) is 5.42. The summed E-state index contributed by atoms with van der Waals surface area (Å²) in [4.78, 5) is 25.7. The number of piperazine rings is 1. The fraction of sp³-hybridized carbons (Fsp3) is 0.286. The summed E-state index contributed by atoms with van der Waals surface area (Å²) in [5.74, 6) is 0.415. The van der Waals surface area contributed by atoms with Crippen LogP contribution in [0.2, 0.25) is 0 Å². The molecule has 9 nitrogen and oxygen atoms in total. The van der Waals surface area contributed by atoms with Crippen molar-refractivity contribution in [2.45, 2.75) is 6.54 Å². The predicted molar refractivity (Wildman–Crippen MR) is 117 cm³/mol. The second kappa shape index (κ2) is 8.32. The molecule has 1 aromatic heterocycles. The number of nitrogens with zero attached hydrogens (tertiary/aromatic N) is 4. The maximum Gasteiger partial charge on any atom is 0.317 e. The Morgan fingerprint density at radius 2 is 1.67 bits per heavy atom. The van der Waals surface area contributed by atoms with Crippen LogP contribution in [0.1, 0.15) is 5.69 Å². The molecule has 2 aromatic carbocycles. The van der Waals surface area contributed by atoms with Crippen molar-refractivity contribution in [3.05, 3.63) is 48.2 Å². The summed E-state index contributed by atoms with van der Waals surface area (Å²) in [7, 11) is 1.55. The zero-order valence-corrected chi connectivity index (χ0v) is 16.8. The zero-order chi connectivity index (χ0) is 21.1. The van der Waals surface area contributed by atoms with Crippen LogP contribution in [-0.4, -0.2) is 54.2 Å². The number of anilines is 3. The first-order valence-corrected chi connectivity index (χ1v) is 9.77. The Balaban J connectivity index is 1.37. The maximum atomic E-state index is 12.7. The number of hydrogen-bond acceptors (Lipinski definition) is 7. The Morgan fingerprint density at radius 3 is 2.30 bits per heavy atom. The highest BCUT2D eigenvalue weighted by Gasteiger charge is 2.22. The Labute approximate surface area is 174 Å². The van der Waals surface area contributed by atoms with E-state index < -0.39 is 0 Å². The van der Waals surface area contributed by atoms with Crippen LogP contribution in [-0.2, 0) is 6.54 Å². The van der Waals surface area contributed by atoms with Gasteiger partial charge in [0.05, 0.1) is 24.7 Å². The maximum absolute atomic E-state index is 12.7. The summed E-state index contributed by atoms with van der Waals surface area (Å²) in [6, 6.07) is 13.0. The molecule has 30 heavy (non-hydrogen) atoms. The second-order valence-corrected chi connectivity index (χ2v) is 7.16. The van der Waals surface area contributed by atoms with Crippen molar-refractivity contribution in [1.29, 1.82) is 0 Å². The van der Waals surface area contributed by atoms with Crippen molar-refractivity contribution in [2.24, 2.45) is 0 Å². The lowest BCUT2D eigenvalue weighted by Gasteiger charge is -2.36. The smallest absolute Gasteiger partial charge is 0.317 e. The van der Waals surface area contributed by atoms with E-state index in [-0.39, 0.29) is 12.6 Å². The van der Waals surface area contributed by atoms with Crippen LogP contribution >= 0.6 is 0 Å². The molecule has 0 saturated carbocycles. The molecule has 156 valence electrons. The van der Waals surface area contributed by atoms with Gasteiger partial charge in [-0.2, -0.15) is 0 Å². The number of para-hydroxylation sites is 2. The number of aromatic nitrogens is 2. The third kappa shape index (κ3) is 4.14. The number of benzene rings is 2. The first kappa shape index (κ1) is 19.6. The standard InChI is InChI=1S/C21H25N7O2/c1-30-20-19(25-17-4-2-3-5-18(17)26-20)13-24-21(29)28-8-6-27(7-9-28)16-11-14(22)10-15(23)12-16/h2-5,10-12H,6-9,13,22-23H2,1H3,(H,24,29). The number of carbonyl (C=O) groups is 1. The number of amides is 2. The summed E-state index contributed by atoms with van der Waals surface area (Å²) in [6.07, 6.45) is 0. The lowest BCUT2D eigenvalue weighted by molar-refractivity contribution is 0.193. The highest BCUT2D eigenvalue weighted by Crippen LogP contribution is 2.23. The van der Waals surface area contributed by atoms with Crippen LogP contribution in [0.15, 0.2) is 42.5 Å². The van der Waals surface area contributed by atoms with E-state index in [4.69, 9.17) is 16.2 Å². The number of ether oxygens (including phenoxy) is 1. The molecule has 0 bridgehead atoms. The summed E-state index contributed by atoms with van der Waals surface area (Å²) >= 11 is 0. The minimum atomic E-state index is -0.140. The lowest BCUT2D eigenvalue weighted by Crippen LogP contribution is -2.51. The van der Waals surface area contributed by atoms with Gasteiger partial charge in [0.25, 0.3) is 0 Å². The van der Waals surface area contributed by atoms with Gasteiger partial charge in [-0.1, -0.05) is 12.1 Å². The monoisotopic (exact) mass is 407 g/mol. The van der Waals surface area contributed by atoms with E-state index in [0.29, 0.717) is 49.1 Å². The van der Waals surface area contributed by atoms with Gasteiger partial charge >= 0.3 is 6.03 Å². The van der Waals surface area contributed by atoms with Gasteiger partial charge in [0.2, 0.25) is 5.88 Å². The van der Waals surface area contributed by atoms with Gasteiger partial charge in [0.15, 0.2) is 0 Å². The number of urea groups is 1. The molecule has 1 fully saturated rings. The fourth-order valence-electron chi connectivity index (χ4n) is 3.58. The Bertz CT molecular complexity index is 1040. The van der Waals surface area contributed by atoms with Gasteiger partial charge < -0.3 is 31.3 Å². The normalized spacial score (nSPS) is 14.0. The number of hydrogen-bond donors (Lipinski definition) is 3. The molecule has 1 saturated heterocycles. The Morgan fingerprint density at radius 1 is 1.03 bits per heavy atom. The molecular weight excluding hydrogens is 382 g/mol. The molecular formula is C21H25N7O2. The number of fused-ring (bicyclic) bond motifs is 1. The third-order valence-corrected chi connectivity index (χ3v) is 5.10. The van der Waals surface area contributed by atoms with E-state index in [1.165, 1.54) is 0 Å². The highest BCUT2D eigenvalue weighted by molar-refractivity contribution is 5.76. The summed E-state index contributed by atoms with van der Waals surface area (Å²) in [5, 5.41) is 2.93. The first-order valence-electron chi connectivity index (χ1n) is 9.77. The summed E-state index contributed by atoms with van der Waals surface area (Å²) in [6.45, 7) is 2.85. The predicted octanol–water partition coefficient (Wildman–Crippen LogP) is 1.83. The molecule has 9 heteroatoms. The SMILES string of the molecule is COc1nc2ccccc2nc1CNC(=O)N1CCN(c2cc(N)cc(N)c2)CC1. The third-order valence-electron chi connectivity index (χ3n) is 5.10. The average molecular weight is 407 g/mol. The van der Waals surface area contributed by atoms with Gasteiger partial charge in [-0.05, 0) is 30.3 Å². The topological polar surface area (TPSA) is 123 Å². The molecule has 0 spiro atoms. The summed E-state index contributed by atoms with van der Waals surface area (Å²) in [5.41, 5.74) is 16.1. The fourth-order valence-corrected chi connectivity index (χ4v) is 3.58. The van der Waals surface area contributed by atoms with Crippen LogP contribution in [0.25, 0.3) is 11.0 Å². The van der Waals surface area contributed by atoms with Gasteiger partial charge in [0, 0.05) is 43.2 Å². The van der Waals surface area contributed by atoms with Gasteiger partial charge in [-0.15, -0.1) is 0 Å². The zero-order valence-electron chi connectivity index (χ0n) is 16.8. The number of carbonyl (C=O) groups excluding carboxylic acids is 1. The van der Waals surface area contributed by atoms with E-state index in [1.54, 1.807) is 18.1 Å². The number of nitrogens with one attached hydrogen (secondary N) is 1. The lowest BCUT2D eigenvalue weighted by atomic mass is 10.2. The first-order chi connectivity index (χ1) is 14.5. The van der Waals surface area contributed by atoms with Gasteiger partial charge in [-0.25, -0.2) is 14.8 Å². The van der Waals surface area contributed by atoms with Crippen molar-refractivity contribution in [2.75, 3.05) is 49.7 Å². The molecule has 3 aromatic rings. The number of nitrogens with two attached hydrogens (primary N) is 2. The van der Waals surface area contributed by atoms with Crippen molar-refractivity contribution in [1.82, 2.24) is 20.2 Å². The summed E-state index contributed by atoms with van der Waals surface area (Å²) < 4.78 is 5.35. The molecule has 0 aliphatic carbocycles. The molecule has 1 aliphatic rings. The van der Waals surface area contributed by atoms with E-state index in [0.717, 1.165) is 16.7 Å². The van der Waals surface area contributed by atoms with Gasteiger partial charge in [0.1, 0.15) is 5.69 Å². The molecule has 2 heterocycles. The van der Waals surface area contributed by atoms with Crippen LogP contribution in [0.4, 0.5) is 21.9 Å². The van der Waals surface area contributed by atoms with Crippen LogP contribution < -0.4 is 26.4 Å². The van der Waals surface area contributed by atoms with E-state index >= 15 is 0 Å². The van der Waals surface area contributed by atoms with Crippen molar-refractivity contribution >= 4 is 34.1 Å². The molecule has 5 N–H and O–H groups in total. The van der Waals surface area contributed by atoms with Crippen LogP contribution in [0.3, 0.4) is 0 Å². The molecule has 1 aliphatic heterocycles. The highest BCUT2D eigenvalue weighted by atomic mass is 16.5.